The summed E-state index contributed by atoms with van der Waals surface area (Å²) in [7, 11) is 0. The van der Waals surface area contributed by atoms with Gasteiger partial charge in [0.2, 0.25) is 0 Å². The Morgan fingerprint density at radius 3 is 2.29 bits per heavy atom. The molecule has 0 unspecified atom stereocenters. The monoisotopic (exact) mass is 354 g/mol. The van der Waals surface area contributed by atoms with Crippen LogP contribution in [-0.2, 0) is 0 Å². The molecule has 0 amide bonds. The molecule has 4 nitrogen and oxygen atoms in total. The van der Waals surface area contributed by atoms with E-state index in [1.807, 2.05) is 12.1 Å². The zero-order valence-corrected chi connectivity index (χ0v) is 11.8. The summed E-state index contributed by atoms with van der Waals surface area (Å²) >= 11 is 6.74. The van der Waals surface area contributed by atoms with Gasteiger partial charge in [0.05, 0.1) is 11.4 Å². The van der Waals surface area contributed by atoms with E-state index in [9.17, 15) is 0 Å². The molecule has 0 fully saturated rings. The van der Waals surface area contributed by atoms with Crippen molar-refractivity contribution >= 4 is 48.9 Å². The standard InChI is InChI=1S/C11H8Br2N4/c12-8-1-2-9(13)11(10(8)14)17-16-7-3-5-15-6-4-7/h1-6H,14H2. The first-order valence-electron chi connectivity index (χ1n) is 4.73. The Balaban J connectivity index is 2.37. The molecule has 0 radical (unpaired) electrons. The van der Waals surface area contributed by atoms with E-state index in [0.29, 0.717) is 11.4 Å². The second kappa shape index (κ2) is 5.37. The number of azo groups is 1. The van der Waals surface area contributed by atoms with E-state index < -0.39 is 0 Å². The van der Waals surface area contributed by atoms with Crippen molar-refractivity contribution in [3.63, 3.8) is 0 Å². The van der Waals surface area contributed by atoms with E-state index in [0.717, 1.165) is 14.6 Å². The molecule has 1 heterocycles. The highest BCUT2D eigenvalue weighted by molar-refractivity contribution is 9.11. The molecule has 0 atom stereocenters. The molecule has 6 heteroatoms. The van der Waals surface area contributed by atoms with Crippen molar-refractivity contribution in [1.29, 1.82) is 0 Å². The van der Waals surface area contributed by atoms with Crippen molar-refractivity contribution in [1.82, 2.24) is 4.98 Å². The maximum atomic E-state index is 5.90. The number of hydrogen-bond acceptors (Lipinski definition) is 4. The van der Waals surface area contributed by atoms with Crippen molar-refractivity contribution in [2.24, 2.45) is 10.2 Å². The van der Waals surface area contributed by atoms with Gasteiger partial charge in [0.15, 0.2) is 0 Å². The van der Waals surface area contributed by atoms with Crippen LogP contribution in [0.2, 0.25) is 0 Å². The first kappa shape index (κ1) is 12.2. The molecule has 2 N–H and O–H groups in total. The number of pyridine rings is 1. The Morgan fingerprint density at radius 1 is 0.941 bits per heavy atom. The molecule has 2 aromatic rings. The van der Waals surface area contributed by atoms with E-state index >= 15 is 0 Å². The topological polar surface area (TPSA) is 63.6 Å². The lowest BCUT2D eigenvalue weighted by Gasteiger charge is -2.03. The highest BCUT2D eigenvalue weighted by Gasteiger charge is 2.06. The third-order valence-corrected chi connectivity index (χ3v) is 3.37. The molecule has 86 valence electrons. The van der Waals surface area contributed by atoms with Gasteiger partial charge in [-0.2, -0.15) is 5.11 Å². The van der Waals surface area contributed by atoms with Gasteiger partial charge in [0, 0.05) is 21.3 Å². The Labute approximate surface area is 115 Å². The van der Waals surface area contributed by atoms with Gasteiger partial charge in [-0.05, 0) is 56.1 Å². The summed E-state index contributed by atoms with van der Waals surface area (Å²) in [6, 6.07) is 7.25. The molecule has 0 bridgehead atoms. The molecule has 1 aromatic carbocycles. The number of nitrogens with zero attached hydrogens (tertiary/aromatic N) is 3. The number of hydrogen-bond donors (Lipinski definition) is 1. The Bertz CT molecular complexity index is 555. The number of halogens is 2. The average molecular weight is 356 g/mol. The lowest BCUT2D eigenvalue weighted by molar-refractivity contribution is 1.20. The fourth-order valence-corrected chi connectivity index (χ4v) is 1.92. The number of aromatic nitrogens is 1. The summed E-state index contributed by atoms with van der Waals surface area (Å²) in [6.45, 7) is 0. The van der Waals surface area contributed by atoms with Gasteiger partial charge >= 0.3 is 0 Å². The third kappa shape index (κ3) is 2.89. The minimum absolute atomic E-state index is 0.553. The van der Waals surface area contributed by atoms with Crippen LogP contribution in [0.3, 0.4) is 0 Å². The molecule has 0 saturated carbocycles. The average Bonchev–Trinajstić information content (AvgIpc) is 2.35. The predicted molar refractivity (Wildman–Crippen MR) is 74.7 cm³/mol. The van der Waals surface area contributed by atoms with Crippen LogP contribution < -0.4 is 5.73 Å². The summed E-state index contributed by atoms with van der Waals surface area (Å²) in [4.78, 5) is 3.91. The second-order valence-corrected chi connectivity index (χ2v) is 4.91. The number of rotatable bonds is 2. The van der Waals surface area contributed by atoms with Gasteiger partial charge in [-0.1, -0.05) is 0 Å². The smallest absolute Gasteiger partial charge is 0.124 e. The lowest BCUT2D eigenvalue weighted by Crippen LogP contribution is -1.87. The number of nitrogens with two attached hydrogens (primary N) is 1. The van der Waals surface area contributed by atoms with E-state index in [1.165, 1.54) is 0 Å². The first-order chi connectivity index (χ1) is 8.18. The summed E-state index contributed by atoms with van der Waals surface area (Å²) in [6.07, 6.45) is 3.32. The van der Waals surface area contributed by atoms with E-state index in [1.54, 1.807) is 24.5 Å². The summed E-state index contributed by atoms with van der Waals surface area (Å²) in [5.74, 6) is 0. The van der Waals surface area contributed by atoms with Crippen LogP contribution in [0.4, 0.5) is 17.1 Å². The third-order valence-electron chi connectivity index (χ3n) is 2.04. The van der Waals surface area contributed by atoms with Crippen LogP contribution in [0.5, 0.6) is 0 Å². The fourth-order valence-electron chi connectivity index (χ4n) is 1.18. The summed E-state index contributed by atoms with van der Waals surface area (Å²) in [5.41, 5.74) is 7.79. The SMILES string of the molecule is Nc1c(Br)ccc(Br)c1N=Nc1ccncc1. The number of anilines is 1. The van der Waals surface area contributed by atoms with Gasteiger partial charge in [0.25, 0.3) is 0 Å². The largest absolute Gasteiger partial charge is 0.396 e. The zero-order chi connectivity index (χ0) is 12.3. The maximum Gasteiger partial charge on any atom is 0.124 e. The van der Waals surface area contributed by atoms with Crippen molar-refractivity contribution in [3.05, 3.63) is 45.6 Å². The molecule has 17 heavy (non-hydrogen) atoms. The van der Waals surface area contributed by atoms with Crippen LogP contribution >= 0.6 is 31.9 Å². The molecule has 0 aliphatic carbocycles. The summed E-state index contributed by atoms with van der Waals surface area (Å²) in [5, 5.41) is 8.23. The van der Waals surface area contributed by atoms with Crippen LogP contribution in [0.1, 0.15) is 0 Å². The molecule has 0 spiro atoms. The first-order valence-corrected chi connectivity index (χ1v) is 6.32. The van der Waals surface area contributed by atoms with Crippen LogP contribution in [0.15, 0.2) is 55.8 Å². The number of nitrogen functional groups attached to an aromatic ring is 1. The van der Waals surface area contributed by atoms with Gasteiger partial charge < -0.3 is 5.73 Å². The van der Waals surface area contributed by atoms with Crippen LogP contribution in [0, 0.1) is 0 Å². The van der Waals surface area contributed by atoms with Crippen molar-refractivity contribution < 1.29 is 0 Å². The van der Waals surface area contributed by atoms with Crippen LogP contribution in [0.25, 0.3) is 0 Å². The highest BCUT2D eigenvalue weighted by atomic mass is 79.9. The second-order valence-electron chi connectivity index (χ2n) is 3.20. The van der Waals surface area contributed by atoms with E-state index in [4.69, 9.17) is 5.73 Å². The molecule has 2 rings (SSSR count). The minimum Gasteiger partial charge on any atom is -0.396 e. The molecule has 0 saturated heterocycles. The lowest BCUT2D eigenvalue weighted by atomic mass is 10.3. The quantitative estimate of drug-likeness (QED) is 0.631. The molecular formula is C11H8Br2N4. The Hall–Kier alpha value is -1.27. The van der Waals surface area contributed by atoms with Gasteiger partial charge in [0.1, 0.15) is 5.69 Å². The maximum absolute atomic E-state index is 5.90. The number of benzene rings is 1. The van der Waals surface area contributed by atoms with Crippen molar-refractivity contribution in [2.45, 2.75) is 0 Å². The molecular weight excluding hydrogens is 348 g/mol. The van der Waals surface area contributed by atoms with Gasteiger partial charge in [-0.3, -0.25) is 4.98 Å². The van der Waals surface area contributed by atoms with Gasteiger partial charge in [-0.25, -0.2) is 0 Å². The predicted octanol–water partition coefficient (Wildman–Crippen LogP) is 4.60. The highest BCUT2D eigenvalue weighted by Crippen LogP contribution is 2.37. The summed E-state index contributed by atoms with van der Waals surface area (Å²) < 4.78 is 1.60. The normalized spacial score (nSPS) is 10.9. The minimum atomic E-state index is 0.553. The van der Waals surface area contributed by atoms with Crippen molar-refractivity contribution in [2.75, 3.05) is 5.73 Å². The Kier molecular flexibility index (Phi) is 3.86. The zero-order valence-electron chi connectivity index (χ0n) is 8.64. The molecule has 0 aliphatic rings. The van der Waals surface area contributed by atoms with E-state index in [-0.39, 0.29) is 0 Å². The Morgan fingerprint density at radius 2 is 1.59 bits per heavy atom. The molecule has 0 aliphatic heterocycles. The van der Waals surface area contributed by atoms with Crippen LogP contribution in [-0.4, -0.2) is 4.98 Å². The van der Waals surface area contributed by atoms with Gasteiger partial charge in [-0.15, -0.1) is 5.11 Å². The molecule has 1 aromatic heterocycles. The van der Waals surface area contributed by atoms with Crippen molar-refractivity contribution in [3.8, 4) is 0 Å². The fraction of sp³-hybridized carbons (Fsp3) is 0. The van der Waals surface area contributed by atoms with E-state index in [2.05, 4.69) is 47.1 Å².